The van der Waals surface area contributed by atoms with E-state index in [1.54, 1.807) is 0 Å². The molecule has 0 bridgehead atoms. The lowest BCUT2D eigenvalue weighted by Gasteiger charge is -2.17. The summed E-state index contributed by atoms with van der Waals surface area (Å²) in [7, 11) is 0. The van der Waals surface area contributed by atoms with Crippen molar-refractivity contribution < 1.29 is 0 Å². The van der Waals surface area contributed by atoms with Crippen molar-refractivity contribution in [3.05, 3.63) is 212 Å². The van der Waals surface area contributed by atoms with Crippen LogP contribution in [0.15, 0.2) is 212 Å². The van der Waals surface area contributed by atoms with Crippen LogP contribution in [0.2, 0.25) is 0 Å². The summed E-state index contributed by atoms with van der Waals surface area (Å²) in [5, 5.41) is 0. The Bertz CT molecular complexity index is 2690. The molecule has 3 heteroatoms. The Morgan fingerprint density at radius 1 is 0.185 bits per heavy atom. The van der Waals surface area contributed by atoms with Crippen LogP contribution in [0, 0.1) is 0 Å². The Balaban J connectivity index is 1.25. The second kappa shape index (κ2) is 14.8. The van der Waals surface area contributed by atoms with E-state index in [4.69, 9.17) is 15.0 Å². The molecule has 0 aliphatic heterocycles. The van der Waals surface area contributed by atoms with Gasteiger partial charge in [-0.05, 0) is 67.8 Å². The van der Waals surface area contributed by atoms with Gasteiger partial charge in [-0.25, -0.2) is 15.0 Å². The average molecular weight is 690 g/mol. The fourth-order valence-electron chi connectivity index (χ4n) is 7.13. The molecule has 9 aromatic rings. The second-order valence-electron chi connectivity index (χ2n) is 13.2. The number of benzene rings is 8. The molecule has 8 aromatic carbocycles. The molecular weight excluding hydrogens is 655 g/mol. The maximum atomic E-state index is 5.25. The fraction of sp³-hybridized carbons (Fsp3) is 0. The van der Waals surface area contributed by atoms with Gasteiger partial charge in [-0.2, -0.15) is 0 Å². The summed E-state index contributed by atoms with van der Waals surface area (Å²) in [6.45, 7) is 0. The van der Waals surface area contributed by atoms with Gasteiger partial charge < -0.3 is 0 Å². The van der Waals surface area contributed by atoms with Gasteiger partial charge in [0, 0.05) is 16.7 Å². The monoisotopic (exact) mass is 689 g/mol. The maximum Gasteiger partial charge on any atom is 0.164 e. The van der Waals surface area contributed by atoms with Crippen LogP contribution in [-0.2, 0) is 0 Å². The zero-order valence-corrected chi connectivity index (χ0v) is 29.5. The molecule has 0 aliphatic carbocycles. The molecule has 9 rings (SSSR count). The minimum Gasteiger partial charge on any atom is -0.208 e. The topological polar surface area (TPSA) is 38.7 Å². The zero-order chi connectivity index (χ0) is 36.1. The summed E-state index contributed by atoms with van der Waals surface area (Å²) in [6, 6.07) is 74.0. The zero-order valence-electron chi connectivity index (χ0n) is 29.5. The van der Waals surface area contributed by atoms with Crippen LogP contribution < -0.4 is 0 Å². The van der Waals surface area contributed by atoms with E-state index >= 15 is 0 Å². The van der Waals surface area contributed by atoms with Crippen molar-refractivity contribution in [3.63, 3.8) is 0 Å². The minimum atomic E-state index is 0.614. The Hall–Kier alpha value is -7.23. The third kappa shape index (κ3) is 6.63. The highest BCUT2D eigenvalue weighted by atomic mass is 15.0. The molecule has 1 heterocycles. The van der Waals surface area contributed by atoms with Crippen molar-refractivity contribution in [2.45, 2.75) is 0 Å². The molecule has 0 aliphatic rings. The predicted molar refractivity (Wildman–Crippen MR) is 223 cm³/mol. The average Bonchev–Trinajstić information content (AvgIpc) is 3.27. The van der Waals surface area contributed by atoms with Crippen LogP contribution in [0.4, 0.5) is 0 Å². The second-order valence-corrected chi connectivity index (χ2v) is 13.2. The minimum absolute atomic E-state index is 0.614. The lowest BCUT2D eigenvalue weighted by Crippen LogP contribution is -2.01. The van der Waals surface area contributed by atoms with Gasteiger partial charge in [0.05, 0.1) is 0 Å². The van der Waals surface area contributed by atoms with Crippen molar-refractivity contribution >= 4 is 0 Å². The SMILES string of the molecule is c1ccc(-c2cccc(-c3nc(-c4ccc(-c5ccccc5-c5ccccc5)c(-c5ccccc5)c4)nc(-c4ccccc4-c4ccccc4)n3)c2)cc1. The van der Waals surface area contributed by atoms with Crippen LogP contribution in [-0.4, -0.2) is 15.0 Å². The Labute approximate surface area is 316 Å². The predicted octanol–water partition coefficient (Wildman–Crippen LogP) is 13.2. The number of nitrogens with zero attached hydrogens (tertiary/aromatic N) is 3. The molecule has 0 fully saturated rings. The Kier molecular flexibility index (Phi) is 8.94. The lowest BCUT2D eigenvalue weighted by molar-refractivity contribution is 1.07. The van der Waals surface area contributed by atoms with Crippen LogP contribution in [0.1, 0.15) is 0 Å². The van der Waals surface area contributed by atoms with Crippen molar-refractivity contribution in [1.29, 1.82) is 0 Å². The van der Waals surface area contributed by atoms with Crippen LogP contribution in [0.5, 0.6) is 0 Å². The largest absolute Gasteiger partial charge is 0.208 e. The van der Waals surface area contributed by atoms with Gasteiger partial charge in [0.15, 0.2) is 17.5 Å². The van der Waals surface area contributed by atoms with E-state index in [0.717, 1.165) is 55.6 Å². The van der Waals surface area contributed by atoms with Crippen LogP contribution >= 0.6 is 0 Å². The first-order valence-electron chi connectivity index (χ1n) is 18.2. The molecule has 0 unspecified atom stereocenters. The van der Waals surface area contributed by atoms with Crippen LogP contribution in [0.25, 0.3) is 89.8 Å². The quantitative estimate of drug-likeness (QED) is 0.159. The molecule has 0 saturated carbocycles. The summed E-state index contributed by atoms with van der Waals surface area (Å²) < 4.78 is 0. The fourth-order valence-corrected chi connectivity index (χ4v) is 7.13. The van der Waals surface area contributed by atoms with Gasteiger partial charge in [-0.1, -0.05) is 200 Å². The molecule has 3 nitrogen and oxygen atoms in total. The van der Waals surface area contributed by atoms with E-state index in [1.807, 2.05) is 18.2 Å². The van der Waals surface area contributed by atoms with Gasteiger partial charge >= 0.3 is 0 Å². The molecule has 0 N–H and O–H groups in total. The van der Waals surface area contributed by atoms with E-state index < -0.39 is 0 Å². The van der Waals surface area contributed by atoms with Crippen molar-refractivity contribution in [2.75, 3.05) is 0 Å². The summed E-state index contributed by atoms with van der Waals surface area (Å²) in [6.07, 6.45) is 0. The van der Waals surface area contributed by atoms with E-state index in [2.05, 4.69) is 194 Å². The molecular formula is C51H35N3. The first kappa shape index (κ1) is 32.7. The van der Waals surface area contributed by atoms with Gasteiger partial charge in [-0.3, -0.25) is 0 Å². The Morgan fingerprint density at radius 2 is 0.556 bits per heavy atom. The number of aromatic nitrogens is 3. The highest BCUT2D eigenvalue weighted by Crippen LogP contribution is 2.40. The summed E-state index contributed by atoms with van der Waals surface area (Å²) in [5.74, 6) is 1.86. The van der Waals surface area contributed by atoms with Gasteiger partial charge in [-0.15, -0.1) is 0 Å². The highest BCUT2D eigenvalue weighted by molar-refractivity contribution is 5.93. The van der Waals surface area contributed by atoms with E-state index in [-0.39, 0.29) is 0 Å². The summed E-state index contributed by atoms with van der Waals surface area (Å²) >= 11 is 0. The summed E-state index contributed by atoms with van der Waals surface area (Å²) in [5.41, 5.74) is 14.1. The third-order valence-corrected chi connectivity index (χ3v) is 9.78. The molecule has 1 aromatic heterocycles. The van der Waals surface area contributed by atoms with E-state index in [1.165, 1.54) is 16.7 Å². The van der Waals surface area contributed by atoms with Crippen LogP contribution in [0.3, 0.4) is 0 Å². The number of hydrogen-bond donors (Lipinski definition) is 0. The molecule has 0 radical (unpaired) electrons. The van der Waals surface area contributed by atoms with Gasteiger partial charge in [0.2, 0.25) is 0 Å². The maximum absolute atomic E-state index is 5.25. The number of hydrogen-bond acceptors (Lipinski definition) is 3. The standard InChI is InChI=1S/C51H35N3/c1-5-18-36(19-6-1)40-26-17-27-41(34-40)49-52-50(54-51(53-49)47-31-16-14-29-44(47)38-22-9-3-10-23-38)42-32-33-46(48(35-42)39-24-11-4-12-25-39)45-30-15-13-28-43(45)37-20-7-2-8-21-37/h1-35H. The van der Waals surface area contributed by atoms with E-state index in [9.17, 15) is 0 Å². The summed E-state index contributed by atoms with van der Waals surface area (Å²) in [4.78, 5) is 15.7. The molecule has 0 atom stereocenters. The molecule has 0 spiro atoms. The Morgan fingerprint density at radius 3 is 1.13 bits per heavy atom. The van der Waals surface area contributed by atoms with Gasteiger partial charge in [0.1, 0.15) is 0 Å². The normalized spacial score (nSPS) is 11.0. The van der Waals surface area contributed by atoms with Crippen molar-refractivity contribution in [2.24, 2.45) is 0 Å². The lowest BCUT2D eigenvalue weighted by atomic mass is 9.88. The number of rotatable bonds is 8. The molecule has 54 heavy (non-hydrogen) atoms. The first-order chi connectivity index (χ1) is 26.8. The molecule has 0 amide bonds. The van der Waals surface area contributed by atoms with Gasteiger partial charge in [0.25, 0.3) is 0 Å². The highest BCUT2D eigenvalue weighted by Gasteiger charge is 2.19. The van der Waals surface area contributed by atoms with Crippen molar-refractivity contribution in [1.82, 2.24) is 15.0 Å². The first-order valence-corrected chi connectivity index (χ1v) is 18.2. The van der Waals surface area contributed by atoms with E-state index in [0.29, 0.717) is 17.5 Å². The molecule has 254 valence electrons. The molecule has 0 saturated heterocycles. The third-order valence-electron chi connectivity index (χ3n) is 9.78. The smallest absolute Gasteiger partial charge is 0.164 e. The van der Waals surface area contributed by atoms with Crippen molar-refractivity contribution in [3.8, 4) is 89.8 Å².